The van der Waals surface area contributed by atoms with Crippen molar-refractivity contribution in [2.24, 2.45) is 0 Å². The third-order valence-corrected chi connectivity index (χ3v) is 3.29. The molecule has 0 aliphatic heterocycles. The van der Waals surface area contributed by atoms with E-state index in [1.54, 1.807) is 12.1 Å². The fourth-order valence-electron chi connectivity index (χ4n) is 1.41. The maximum Gasteiger partial charge on any atom is 0.389 e. The van der Waals surface area contributed by atoms with Gasteiger partial charge in [0.05, 0.1) is 3.57 Å². The van der Waals surface area contributed by atoms with Gasteiger partial charge in [0.1, 0.15) is 5.75 Å². The number of halogens is 4. The molecule has 0 spiro atoms. The maximum absolute atomic E-state index is 11.9. The van der Waals surface area contributed by atoms with Gasteiger partial charge in [0, 0.05) is 18.5 Å². The summed E-state index contributed by atoms with van der Waals surface area (Å²) in [6, 6.07) is 4.47. The second kappa shape index (κ2) is 6.97. The number of benzene rings is 1. The molecule has 0 fully saturated rings. The standard InChI is InChI=1S/C12H13F3INO2/c13-12(14,15)5-1-2-6-17-11(19)8-3-4-9(16)10(18)7-8/h3-4,7,18H,1-2,5-6H2,(H,17,19). The van der Waals surface area contributed by atoms with Crippen molar-refractivity contribution in [3.05, 3.63) is 27.3 Å². The van der Waals surface area contributed by atoms with Crippen LogP contribution >= 0.6 is 22.6 Å². The molecule has 3 nitrogen and oxygen atoms in total. The van der Waals surface area contributed by atoms with Crippen molar-refractivity contribution >= 4 is 28.5 Å². The Morgan fingerprint density at radius 1 is 1.32 bits per heavy atom. The highest BCUT2D eigenvalue weighted by Gasteiger charge is 2.25. The zero-order chi connectivity index (χ0) is 14.5. The number of carbonyl (C=O) groups excluding carboxylic acids is 1. The Morgan fingerprint density at radius 2 is 2.00 bits per heavy atom. The van der Waals surface area contributed by atoms with Crippen LogP contribution in [0.25, 0.3) is 0 Å². The highest BCUT2D eigenvalue weighted by atomic mass is 127. The summed E-state index contributed by atoms with van der Waals surface area (Å²) in [4.78, 5) is 11.6. The largest absolute Gasteiger partial charge is 0.507 e. The van der Waals surface area contributed by atoms with Crippen molar-refractivity contribution in [3.8, 4) is 5.75 Å². The van der Waals surface area contributed by atoms with Crippen molar-refractivity contribution in [1.82, 2.24) is 5.32 Å². The molecule has 0 aromatic heterocycles. The van der Waals surface area contributed by atoms with E-state index in [0.29, 0.717) is 3.57 Å². The lowest BCUT2D eigenvalue weighted by atomic mass is 10.2. The van der Waals surface area contributed by atoms with Gasteiger partial charge in [-0.2, -0.15) is 13.2 Å². The van der Waals surface area contributed by atoms with Gasteiger partial charge < -0.3 is 10.4 Å². The van der Waals surface area contributed by atoms with Crippen LogP contribution < -0.4 is 5.32 Å². The molecule has 106 valence electrons. The Hall–Kier alpha value is -0.990. The molecule has 0 heterocycles. The number of unbranched alkanes of at least 4 members (excludes halogenated alkanes) is 1. The average molecular weight is 387 g/mol. The lowest BCUT2D eigenvalue weighted by Crippen LogP contribution is -2.24. The Balaban J connectivity index is 2.33. The highest BCUT2D eigenvalue weighted by Crippen LogP contribution is 2.22. The third-order valence-electron chi connectivity index (χ3n) is 2.38. The molecule has 19 heavy (non-hydrogen) atoms. The summed E-state index contributed by atoms with van der Waals surface area (Å²) in [5, 5.41) is 11.9. The van der Waals surface area contributed by atoms with E-state index in [-0.39, 0.29) is 30.7 Å². The molecule has 0 atom stereocenters. The number of carbonyl (C=O) groups is 1. The summed E-state index contributed by atoms with van der Waals surface area (Å²) < 4.78 is 36.2. The van der Waals surface area contributed by atoms with Crippen LogP contribution in [0.3, 0.4) is 0 Å². The zero-order valence-corrected chi connectivity index (χ0v) is 12.1. The molecule has 0 aliphatic carbocycles. The predicted molar refractivity (Wildman–Crippen MR) is 73.1 cm³/mol. The molecule has 1 aromatic carbocycles. The van der Waals surface area contributed by atoms with Gasteiger partial charge in [-0.15, -0.1) is 0 Å². The second-order valence-electron chi connectivity index (χ2n) is 3.99. The molecule has 1 rings (SSSR count). The number of aromatic hydroxyl groups is 1. The number of alkyl halides is 3. The normalized spacial score (nSPS) is 11.4. The van der Waals surface area contributed by atoms with Crippen LogP contribution in [0.4, 0.5) is 13.2 Å². The summed E-state index contributed by atoms with van der Waals surface area (Å²) in [5.41, 5.74) is 0.286. The molecule has 0 bridgehead atoms. The first-order valence-electron chi connectivity index (χ1n) is 5.63. The first kappa shape index (κ1) is 16.1. The van der Waals surface area contributed by atoms with E-state index < -0.39 is 18.5 Å². The number of phenols is 1. The van der Waals surface area contributed by atoms with Crippen LogP contribution in [0.2, 0.25) is 0 Å². The number of hydrogen-bond donors (Lipinski definition) is 2. The molecule has 0 saturated heterocycles. The second-order valence-corrected chi connectivity index (χ2v) is 5.16. The lowest BCUT2D eigenvalue weighted by Gasteiger charge is -2.07. The summed E-state index contributed by atoms with van der Waals surface area (Å²) in [6.45, 7) is 0.182. The fourth-order valence-corrected chi connectivity index (χ4v) is 1.74. The zero-order valence-electron chi connectivity index (χ0n) is 9.93. The predicted octanol–water partition coefficient (Wildman–Crippen LogP) is 3.46. The SMILES string of the molecule is O=C(NCCCCC(F)(F)F)c1ccc(I)c(O)c1. The van der Waals surface area contributed by atoms with Gasteiger partial charge in [-0.25, -0.2) is 0 Å². The quantitative estimate of drug-likeness (QED) is 0.601. The topological polar surface area (TPSA) is 49.3 Å². The molecule has 7 heteroatoms. The van der Waals surface area contributed by atoms with Gasteiger partial charge in [0.2, 0.25) is 0 Å². The van der Waals surface area contributed by atoms with Crippen molar-refractivity contribution < 1.29 is 23.1 Å². The van der Waals surface area contributed by atoms with Gasteiger partial charge in [-0.1, -0.05) is 0 Å². The number of nitrogens with one attached hydrogen (secondary N) is 1. The van der Waals surface area contributed by atoms with E-state index in [9.17, 15) is 23.1 Å². The number of hydrogen-bond acceptors (Lipinski definition) is 2. The number of amides is 1. The summed E-state index contributed by atoms with van der Waals surface area (Å²) in [6.07, 6.45) is -4.73. The Kier molecular flexibility index (Phi) is 5.89. The molecule has 1 aromatic rings. The van der Waals surface area contributed by atoms with Gasteiger partial charge in [-0.05, 0) is 53.6 Å². The fraction of sp³-hybridized carbons (Fsp3) is 0.417. The van der Waals surface area contributed by atoms with Gasteiger partial charge in [-0.3, -0.25) is 4.79 Å². The monoisotopic (exact) mass is 387 g/mol. The minimum atomic E-state index is -4.15. The van der Waals surface area contributed by atoms with Crippen molar-refractivity contribution in [2.75, 3.05) is 6.54 Å². The van der Waals surface area contributed by atoms with Gasteiger partial charge >= 0.3 is 6.18 Å². The van der Waals surface area contributed by atoms with E-state index in [2.05, 4.69) is 5.32 Å². The van der Waals surface area contributed by atoms with E-state index in [1.165, 1.54) is 6.07 Å². The van der Waals surface area contributed by atoms with Gasteiger partial charge in [0.25, 0.3) is 5.91 Å². The van der Waals surface area contributed by atoms with Crippen LogP contribution in [0.15, 0.2) is 18.2 Å². The van der Waals surface area contributed by atoms with Crippen LogP contribution in [0, 0.1) is 3.57 Å². The van der Waals surface area contributed by atoms with Crippen LogP contribution in [0.5, 0.6) is 5.75 Å². The van der Waals surface area contributed by atoms with Crippen molar-refractivity contribution in [3.63, 3.8) is 0 Å². The Morgan fingerprint density at radius 3 is 2.58 bits per heavy atom. The van der Waals surface area contributed by atoms with Crippen molar-refractivity contribution in [1.29, 1.82) is 0 Å². The Labute approximate surface area is 122 Å². The van der Waals surface area contributed by atoms with E-state index >= 15 is 0 Å². The summed E-state index contributed by atoms with van der Waals surface area (Å²) in [7, 11) is 0. The minimum absolute atomic E-state index is 0.00493. The number of phenolic OH excluding ortho intramolecular Hbond substituents is 1. The van der Waals surface area contributed by atoms with E-state index in [4.69, 9.17) is 0 Å². The number of rotatable bonds is 5. The summed E-state index contributed by atoms with van der Waals surface area (Å²) in [5.74, 6) is -0.399. The molecule has 0 aliphatic rings. The first-order chi connectivity index (χ1) is 8.79. The minimum Gasteiger partial charge on any atom is -0.507 e. The molecule has 0 radical (unpaired) electrons. The molecule has 0 unspecified atom stereocenters. The maximum atomic E-state index is 11.9. The highest BCUT2D eigenvalue weighted by molar-refractivity contribution is 14.1. The molecule has 0 saturated carbocycles. The average Bonchev–Trinajstić information content (AvgIpc) is 2.30. The van der Waals surface area contributed by atoms with Crippen molar-refractivity contribution in [2.45, 2.75) is 25.4 Å². The molecular weight excluding hydrogens is 374 g/mol. The van der Waals surface area contributed by atoms with E-state index in [1.807, 2.05) is 22.6 Å². The van der Waals surface area contributed by atoms with Crippen LogP contribution in [-0.2, 0) is 0 Å². The van der Waals surface area contributed by atoms with E-state index in [0.717, 1.165) is 0 Å². The smallest absolute Gasteiger partial charge is 0.389 e. The Bertz CT molecular complexity index is 449. The van der Waals surface area contributed by atoms with Gasteiger partial charge in [0.15, 0.2) is 0 Å². The third kappa shape index (κ3) is 6.13. The van der Waals surface area contributed by atoms with Crippen LogP contribution in [0.1, 0.15) is 29.6 Å². The molecular formula is C12H13F3INO2. The lowest BCUT2D eigenvalue weighted by molar-refractivity contribution is -0.135. The van der Waals surface area contributed by atoms with Crippen LogP contribution in [-0.4, -0.2) is 23.7 Å². The first-order valence-corrected chi connectivity index (χ1v) is 6.71. The molecule has 1 amide bonds. The molecule has 2 N–H and O–H groups in total. The summed E-state index contributed by atoms with van der Waals surface area (Å²) >= 11 is 1.92.